The number of ether oxygens (including phenoxy) is 2. The fourth-order valence-corrected chi connectivity index (χ4v) is 4.59. The summed E-state index contributed by atoms with van der Waals surface area (Å²) >= 11 is 0. The first-order valence-corrected chi connectivity index (χ1v) is 12.1. The summed E-state index contributed by atoms with van der Waals surface area (Å²) in [6.45, 7) is 4.00. The summed E-state index contributed by atoms with van der Waals surface area (Å²) < 4.78 is 29.3. The van der Waals surface area contributed by atoms with E-state index in [1.807, 2.05) is 32.3 Å². The Morgan fingerprint density at radius 2 is 2.08 bits per heavy atom. The summed E-state index contributed by atoms with van der Waals surface area (Å²) in [5.74, 6) is 0.630. The maximum Gasteiger partial charge on any atom is 0.156 e. The molecule has 0 unspecified atom stereocenters. The zero-order chi connectivity index (χ0) is 25.4. The molecule has 0 amide bonds. The van der Waals surface area contributed by atoms with Gasteiger partial charge in [0.25, 0.3) is 0 Å². The van der Waals surface area contributed by atoms with E-state index in [4.69, 9.17) is 9.47 Å². The van der Waals surface area contributed by atoms with Crippen LogP contribution >= 0.6 is 0 Å². The molecular weight excluding hydrogens is 473 g/mol. The predicted molar refractivity (Wildman–Crippen MR) is 139 cm³/mol. The number of fused-ring (bicyclic) bond motifs is 2. The molecule has 0 bridgehead atoms. The monoisotopic (exact) mass is 499 g/mol. The van der Waals surface area contributed by atoms with E-state index in [0.717, 1.165) is 17.7 Å². The zero-order valence-electron chi connectivity index (χ0n) is 20.5. The van der Waals surface area contributed by atoms with Crippen molar-refractivity contribution in [1.82, 2.24) is 30.0 Å². The number of aryl methyl sites for hydroxylation is 1. The van der Waals surface area contributed by atoms with Crippen LogP contribution in [0.25, 0.3) is 32.9 Å². The van der Waals surface area contributed by atoms with Crippen LogP contribution < -0.4 is 15.4 Å². The Balaban J connectivity index is 1.45. The SMILES string of the molecule is C[C@H](Oc1cc(-c2cnn(C)c2)cc2ncnc(Nc3ccc4ncccc4c3F)c12)[C@@H]1COCCN1. The summed E-state index contributed by atoms with van der Waals surface area (Å²) in [6, 6.07) is 10.8. The van der Waals surface area contributed by atoms with Gasteiger partial charge < -0.3 is 20.1 Å². The molecule has 2 atom stereocenters. The van der Waals surface area contributed by atoms with Gasteiger partial charge in [-0.25, -0.2) is 14.4 Å². The molecule has 1 aliphatic rings. The maximum absolute atomic E-state index is 15.4. The van der Waals surface area contributed by atoms with Gasteiger partial charge in [-0.3, -0.25) is 9.67 Å². The Bertz CT molecular complexity index is 1580. The normalized spacial score (nSPS) is 16.7. The smallest absolute Gasteiger partial charge is 0.156 e. The fraction of sp³-hybridized carbons (Fsp3) is 0.259. The Morgan fingerprint density at radius 3 is 2.89 bits per heavy atom. The molecule has 1 fully saturated rings. The summed E-state index contributed by atoms with van der Waals surface area (Å²) in [5.41, 5.74) is 3.37. The van der Waals surface area contributed by atoms with E-state index in [1.165, 1.54) is 6.33 Å². The molecule has 0 radical (unpaired) electrons. The zero-order valence-corrected chi connectivity index (χ0v) is 20.5. The van der Waals surface area contributed by atoms with E-state index >= 15 is 4.39 Å². The molecule has 188 valence electrons. The molecule has 5 aromatic rings. The largest absolute Gasteiger partial charge is 0.488 e. The lowest BCUT2D eigenvalue weighted by molar-refractivity contribution is 0.0342. The Labute approximate surface area is 212 Å². The van der Waals surface area contributed by atoms with Gasteiger partial charge in [-0.15, -0.1) is 0 Å². The second-order valence-electron chi connectivity index (χ2n) is 9.07. The number of morpholine rings is 1. The van der Waals surface area contributed by atoms with Crippen LogP contribution in [0.2, 0.25) is 0 Å². The highest BCUT2D eigenvalue weighted by Gasteiger charge is 2.24. The van der Waals surface area contributed by atoms with E-state index in [0.29, 0.717) is 46.6 Å². The highest BCUT2D eigenvalue weighted by Crippen LogP contribution is 2.37. The molecule has 6 rings (SSSR count). The standard InChI is InChI=1S/C27H26FN7O2/c1-16(23-14-36-9-8-30-23)37-24-11-17(18-12-33-35(2)13-18)10-22-25(24)27(32-15-31-22)34-21-6-5-20-19(26(21)28)4-3-7-29-20/h3-7,10-13,15-16,23,30H,8-9,14H2,1-2H3,(H,31,32,34)/t16-,23-/m0/s1. The van der Waals surface area contributed by atoms with Crippen LogP contribution in [0.3, 0.4) is 0 Å². The lowest BCUT2D eigenvalue weighted by atomic mass is 10.1. The van der Waals surface area contributed by atoms with Crippen molar-refractivity contribution in [3.63, 3.8) is 0 Å². The molecule has 1 saturated heterocycles. The Morgan fingerprint density at radius 1 is 1.16 bits per heavy atom. The van der Waals surface area contributed by atoms with Gasteiger partial charge in [0.15, 0.2) is 5.82 Å². The van der Waals surface area contributed by atoms with Gasteiger partial charge >= 0.3 is 0 Å². The van der Waals surface area contributed by atoms with Crippen LogP contribution in [0.1, 0.15) is 6.92 Å². The maximum atomic E-state index is 15.4. The molecule has 0 spiro atoms. The van der Waals surface area contributed by atoms with Crippen molar-refractivity contribution in [2.45, 2.75) is 19.1 Å². The minimum Gasteiger partial charge on any atom is -0.488 e. The molecule has 1 aliphatic heterocycles. The van der Waals surface area contributed by atoms with Gasteiger partial charge in [-0.2, -0.15) is 5.10 Å². The Kier molecular flexibility index (Phi) is 6.11. The highest BCUT2D eigenvalue weighted by atomic mass is 19.1. The topological polar surface area (TPSA) is 99.0 Å². The van der Waals surface area contributed by atoms with Gasteiger partial charge in [0.05, 0.1) is 47.6 Å². The van der Waals surface area contributed by atoms with Crippen molar-refractivity contribution >= 4 is 33.3 Å². The first-order valence-electron chi connectivity index (χ1n) is 12.1. The van der Waals surface area contributed by atoms with E-state index in [9.17, 15) is 0 Å². The molecule has 2 aromatic carbocycles. The number of hydrogen-bond acceptors (Lipinski definition) is 8. The predicted octanol–water partition coefficient (Wildman–Crippen LogP) is 4.22. The average molecular weight is 500 g/mol. The lowest BCUT2D eigenvalue weighted by Crippen LogP contribution is -2.49. The molecule has 4 heterocycles. The van der Waals surface area contributed by atoms with Gasteiger partial charge in [-0.05, 0) is 48.9 Å². The molecular formula is C27H26FN7O2. The van der Waals surface area contributed by atoms with Gasteiger partial charge in [-0.1, -0.05) is 0 Å². The van der Waals surface area contributed by atoms with Crippen LogP contribution in [0.5, 0.6) is 5.75 Å². The second-order valence-corrected chi connectivity index (χ2v) is 9.07. The van der Waals surface area contributed by atoms with Crippen LogP contribution in [-0.4, -0.2) is 56.6 Å². The third-order valence-electron chi connectivity index (χ3n) is 6.54. The number of hydrogen-bond donors (Lipinski definition) is 2. The highest BCUT2D eigenvalue weighted by molar-refractivity contribution is 5.99. The van der Waals surface area contributed by atoms with E-state index < -0.39 is 5.82 Å². The number of halogens is 1. The molecule has 3 aromatic heterocycles. The quantitative estimate of drug-likeness (QED) is 0.358. The number of pyridine rings is 1. The molecule has 37 heavy (non-hydrogen) atoms. The van der Waals surface area contributed by atoms with Crippen LogP contribution in [0.4, 0.5) is 15.9 Å². The van der Waals surface area contributed by atoms with E-state index in [1.54, 1.807) is 41.3 Å². The van der Waals surface area contributed by atoms with Gasteiger partial charge in [0.2, 0.25) is 0 Å². The van der Waals surface area contributed by atoms with E-state index in [2.05, 4.69) is 30.7 Å². The number of rotatable bonds is 6. The molecule has 9 nitrogen and oxygen atoms in total. The fourth-order valence-electron chi connectivity index (χ4n) is 4.59. The summed E-state index contributed by atoms with van der Waals surface area (Å²) in [5, 5.41) is 12.0. The molecule has 0 aliphatic carbocycles. The minimum absolute atomic E-state index is 0.0253. The Hall–Kier alpha value is -4.15. The number of benzene rings is 2. The average Bonchev–Trinajstić information content (AvgIpc) is 3.37. The van der Waals surface area contributed by atoms with Crippen molar-refractivity contribution in [1.29, 1.82) is 0 Å². The summed E-state index contributed by atoms with van der Waals surface area (Å²) in [4.78, 5) is 13.2. The van der Waals surface area contributed by atoms with Crippen molar-refractivity contribution in [3.8, 4) is 16.9 Å². The minimum atomic E-state index is -0.399. The van der Waals surface area contributed by atoms with Gasteiger partial charge in [0.1, 0.15) is 24.0 Å². The second kappa shape index (κ2) is 9.72. The first-order chi connectivity index (χ1) is 18.1. The molecule has 10 heteroatoms. The molecule has 2 N–H and O–H groups in total. The number of aromatic nitrogens is 5. The third kappa shape index (κ3) is 4.56. The van der Waals surface area contributed by atoms with Crippen LogP contribution in [-0.2, 0) is 11.8 Å². The number of anilines is 2. The van der Waals surface area contributed by atoms with Crippen molar-refractivity contribution in [3.05, 3.63) is 67.1 Å². The lowest BCUT2D eigenvalue weighted by Gasteiger charge is -2.30. The summed E-state index contributed by atoms with van der Waals surface area (Å²) in [6.07, 6.45) is 6.63. The van der Waals surface area contributed by atoms with Crippen molar-refractivity contribution in [2.75, 3.05) is 25.1 Å². The van der Waals surface area contributed by atoms with Gasteiger partial charge in [0, 0.05) is 36.9 Å². The van der Waals surface area contributed by atoms with Crippen molar-refractivity contribution in [2.24, 2.45) is 7.05 Å². The third-order valence-corrected chi connectivity index (χ3v) is 6.54. The van der Waals surface area contributed by atoms with E-state index in [-0.39, 0.29) is 17.8 Å². The summed E-state index contributed by atoms with van der Waals surface area (Å²) in [7, 11) is 1.87. The number of nitrogens with zero attached hydrogens (tertiary/aromatic N) is 5. The first kappa shape index (κ1) is 23.3. The van der Waals surface area contributed by atoms with Crippen LogP contribution in [0, 0.1) is 5.82 Å². The van der Waals surface area contributed by atoms with Crippen molar-refractivity contribution < 1.29 is 13.9 Å². The molecule has 0 saturated carbocycles. The van der Waals surface area contributed by atoms with Crippen LogP contribution in [0.15, 0.2) is 61.3 Å². The number of nitrogens with one attached hydrogen (secondary N) is 2.